The molecule has 0 saturated carbocycles. The molecule has 2 heteroatoms. The zero-order valence-electron chi connectivity index (χ0n) is 7.09. The number of hydrogen-bond acceptors (Lipinski definition) is 1. The average molecular weight is 169 g/mol. The van der Waals surface area contributed by atoms with Crippen LogP contribution in [0.25, 0.3) is 0 Å². The van der Waals surface area contributed by atoms with Gasteiger partial charge < -0.3 is 0 Å². The van der Waals surface area contributed by atoms with Crippen LogP contribution in [0.3, 0.4) is 0 Å². The Hall–Kier alpha value is -0.130. The highest BCUT2D eigenvalue weighted by molar-refractivity contribution is 7.39. The van der Waals surface area contributed by atoms with Crippen LogP contribution in [0.2, 0.25) is 0 Å². The molecule has 0 bridgehead atoms. The van der Waals surface area contributed by atoms with Crippen molar-refractivity contribution in [3.05, 3.63) is 24.8 Å². The standard InChI is InChI=1S/C9H16NP/c1-3-9-6-5-7-10(4-2)8-11-9/h3,5-6,9,11H,1,4,7-8H2,2H3. The molecule has 0 amide bonds. The molecule has 1 nitrogen and oxygen atoms in total. The van der Waals surface area contributed by atoms with Gasteiger partial charge in [0, 0.05) is 18.5 Å². The Labute approximate surface area is 70.9 Å². The first kappa shape index (κ1) is 8.96. The molecule has 1 aliphatic rings. The largest absolute Gasteiger partial charge is 0.296 e. The van der Waals surface area contributed by atoms with E-state index in [0.29, 0.717) is 5.66 Å². The van der Waals surface area contributed by atoms with E-state index in [1.54, 1.807) is 0 Å². The van der Waals surface area contributed by atoms with Gasteiger partial charge in [-0.3, -0.25) is 4.90 Å². The Morgan fingerprint density at radius 3 is 3.27 bits per heavy atom. The van der Waals surface area contributed by atoms with E-state index in [2.05, 4.69) is 30.6 Å². The summed E-state index contributed by atoms with van der Waals surface area (Å²) in [5, 5.41) is 0. The Bertz CT molecular complexity index is 154. The van der Waals surface area contributed by atoms with Crippen molar-refractivity contribution in [2.24, 2.45) is 0 Å². The zero-order chi connectivity index (χ0) is 8.10. The van der Waals surface area contributed by atoms with E-state index < -0.39 is 0 Å². The van der Waals surface area contributed by atoms with Crippen LogP contribution in [0.15, 0.2) is 24.8 Å². The predicted octanol–water partition coefficient (Wildman–Crippen LogP) is 2.07. The Morgan fingerprint density at radius 2 is 2.64 bits per heavy atom. The summed E-state index contributed by atoms with van der Waals surface area (Å²) in [6, 6.07) is 0. The fraction of sp³-hybridized carbons (Fsp3) is 0.556. The van der Waals surface area contributed by atoms with Crippen LogP contribution in [0.4, 0.5) is 0 Å². The molecule has 62 valence electrons. The first-order valence-electron chi connectivity index (χ1n) is 4.11. The molecule has 1 heterocycles. The summed E-state index contributed by atoms with van der Waals surface area (Å²) >= 11 is 0. The van der Waals surface area contributed by atoms with Crippen molar-refractivity contribution in [3.8, 4) is 0 Å². The third-order valence-corrected chi connectivity index (χ3v) is 3.49. The summed E-state index contributed by atoms with van der Waals surface area (Å²) in [4.78, 5) is 2.46. The molecule has 0 fully saturated rings. The van der Waals surface area contributed by atoms with Gasteiger partial charge in [0.1, 0.15) is 0 Å². The number of rotatable bonds is 2. The van der Waals surface area contributed by atoms with Crippen LogP contribution in [0, 0.1) is 0 Å². The topological polar surface area (TPSA) is 3.24 Å². The quantitative estimate of drug-likeness (QED) is 0.452. The van der Waals surface area contributed by atoms with Gasteiger partial charge >= 0.3 is 0 Å². The zero-order valence-corrected chi connectivity index (χ0v) is 8.09. The van der Waals surface area contributed by atoms with Crippen molar-refractivity contribution in [2.75, 3.05) is 19.4 Å². The molecule has 0 aromatic rings. The lowest BCUT2D eigenvalue weighted by Gasteiger charge is -2.16. The Balaban J connectivity index is 2.43. The lowest BCUT2D eigenvalue weighted by atomic mass is 10.3. The fourth-order valence-corrected chi connectivity index (χ4v) is 2.39. The average Bonchev–Trinajstić information content (AvgIpc) is 2.28. The van der Waals surface area contributed by atoms with Crippen LogP contribution < -0.4 is 0 Å². The highest BCUT2D eigenvalue weighted by Gasteiger charge is 2.07. The van der Waals surface area contributed by atoms with Crippen molar-refractivity contribution in [2.45, 2.75) is 12.6 Å². The molecule has 0 aliphatic carbocycles. The minimum Gasteiger partial charge on any atom is -0.296 e. The van der Waals surface area contributed by atoms with Gasteiger partial charge in [0.05, 0.1) is 0 Å². The van der Waals surface area contributed by atoms with Crippen LogP contribution in [0.1, 0.15) is 6.92 Å². The molecule has 2 atom stereocenters. The summed E-state index contributed by atoms with van der Waals surface area (Å²) in [7, 11) is 0.994. The maximum absolute atomic E-state index is 3.81. The van der Waals surface area contributed by atoms with Gasteiger partial charge in [0.25, 0.3) is 0 Å². The third kappa shape index (κ3) is 2.76. The van der Waals surface area contributed by atoms with E-state index in [1.807, 2.05) is 6.08 Å². The van der Waals surface area contributed by atoms with Crippen LogP contribution in [-0.2, 0) is 0 Å². The number of hydrogen-bond donors (Lipinski definition) is 0. The molecule has 0 radical (unpaired) electrons. The molecule has 1 rings (SSSR count). The molecule has 0 saturated heterocycles. The third-order valence-electron chi connectivity index (χ3n) is 1.96. The monoisotopic (exact) mass is 169 g/mol. The second kappa shape index (κ2) is 4.69. The van der Waals surface area contributed by atoms with Gasteiger partial charge in [-0.1, -0.05) is 33.7 Å². The number of nitrogens with zero attached hydrogens (tertiary/aromatic N) is 1. The van der Waals surface area contributed by atoms with Crippen LogP contribution >= 0.6 is 8.58 Å². The number of likely N-dealkylation sites (N-methyl/N-ethyl adjacent to an activating group) is 1. The predicted molar refractivity (Wildman–Crippen MR) is 53.6 cm³/mol. The van der Waals surface area contributed by atoms with Gasteiger partial charge in [-0.15, -0.1) is 6.58 Å². The smallest absolute Gasteiger partial charge is 0.0167 e. The second-order valence-electron chi connectivity index (χ2n) is 2.72. The van der Waals surface area contributed by atoms with E-state index in [0.717, 1.165) is 15.1 Å². The SMILES string of the molecule is C=CC1C=CCN(CC)CP1. The summed E-state index contributed by atoms with van der Waals surface area (Å²) in [5.41, 5.74) is 0.631. The van der Waals surface area contributed by atoms with E-state index in [-0.39, 0.29) is 0 Å². The molecular weight excluding hydrogens is 153 g/mol. The van der Waals surface area contributed by atoms with E-state index in [1.165, 1.54) is 12.8 Å². The summed E-state index contributed by atoms with van der Waals surface area (Å²) < 4.78 is 0. The lowest BCUT2D eigenvalue weighted by molar-refractivity contribution is 0.376. The van der Waals surface area contributed by atoms with Crippen molar-refractivity contribution >= 4 is 8.58 Å². The molecule has 0 spiro atoms. The molecule has 2 unspecified atom stereocenters. The van der Waals surface area contributed by atoms with Gasteiger partial charge in [0.2, 0.25) is 0 Å². The van der Waals surface area contributed by atoms with Gasteiger partial charge in [-0.25, -0.2) is 0 Å². The van der Waals surface area contributed by atoms with Crippen molar-refractivity contribution < 1.29 is 0 Å². The fourth-order valence-electron chi connectivity index (χ4n) is 1.13. The summed E-state index contributed by atoms with van der Waals surface area (Å²) in [6.07, 6.45) is 7.82. The van der Waals surface area contributed by atoms with Gasteiger partial charge in [0.15, 0.2) is 0 Å². The highest BCUT2D eigenvalue weighted by Crippen LogP contribution is 2.24. The van der Waals surface area contributed by atoms with Crippen molar-refractivity contribution in [1.29, 1.82) is 0 Å². The normalized spacial score (nSPS) is 28.6. The molecule has 11 heavy (non-hydrogen) atoms. The maximum atomic E-state index is 3.81. The lowest BCUT2D eigenvalue weighted by Crippen LogP contribution is -2.21. The molecular formula is C9H16NP. The van der Waals surface area contributed by atoms with Gasteiger partial charge in [-0.2, -0.15) is 0 Å². The molecule has 0 aromatic heterocycles. The van der Waals surface area contributed by atoms with Crippen molar-refractivity contribution in [3.63, 3.8) is 0 Å². The maximum Gasteiger partial charge on any atom is 0.0167 e. The first-order valence-corrected chi connectivity index (χ1v) is 5.40. The summed E-state index contributed by atoms with van der Waals surface area (Å²) in [6.45, 7) is 8.32. The van der Waals surface area contributed by atoms with E-state index in [9.17, 15) is 0 Å². The van der Waals surface area contributed by atoms with E-state index >= 15 is 0 Å². The van der Waals surface area contributed by atoms with Crippen molar-refractivity contribution in [1.82, 2.24) is 4.90 Å². The van der Waals surface area contributed by atoms with Crippen LogP contribution in [-0.4, -0.2) is 29.9 Å². The molecule has 1 aliphatic heterocycles. The second-order valence-corrected chi connectivity index (χ2v) is 4.11. The number of allylic oxidation sites excluding steroid dienone is 2. The molecule has 0 N–H and O–H groups in total. The summed E-state index contributed by atoms with van der Waals surface area (Å²) in [5.74, 6) is 0. The minimum absolute atomic E-state index is 0.631. The molecule has 0 aromatic carbocycles. The highest BCUT2D eigenvalue weighted by atomic mass is 31.1. The van der Waals surface area contributed by atoms with Gasteiger partial charge in [-0.05, 0) is 6.54 Å². The minimum atomic E-state index is 0.631. The Morgan fingerprint density at radius 1 is 1.82 bits per heavy atom. The van der Waals surface area contributed by atoms with E-state index in [4.69, 9.17) is 0 Å². The first-order chi connectivity index (χ1) is 5.36. The van der Waals surface area contributed by atoms with Crippen LogP contribution in [0.5, 0.6) is 0 Å². The Kier molecular flexibility index (Phi) is 3.82.